The summed E-state index contributed by atoms with van der Waals surface area (Å²) in [4.78, 5) is 12.1. The second-order valence-electron chi connectivity index (χ2n) is 8.66. The summed E-state index contributed by atoms with van der Waals surface area (Å²) in [6, 6.07) is 4.27. The van der Waals surface area contributed by atoms with Crippen LogP contribution in [-0.2, 0) is 6.42 Å². The van der Waals surface area contributed by atoms with Gasteiger partial charge in [-0.3, -0.25) is 4.98 Å². The van der Waals surface area contributed by atoms with Gasteiger partial charge in [-0.1, -0.05) is 13.8 Å². The lowest BCUT2D eigenvalue weighted by atomic mass is 9.71. The topological polar surface area (TPSA) is 22.6 Å². The maximum atomic E-state index is 4.70. The second kappa shape index (κ2) is 5.88. The number of nitrogens with zero attached hydrogens (tertiary/aromatic N) is 4. The van der Waals surface area contributed by atoms with E-state index in [0.717, 1.165) is 12.8 Å². The molecule has 2 atom stereocenters. The monoisotopic (exact) mass is 362 g/mol. The minimum absolute atomic E-state index is 0.416. The van der Waals surface area contributed by atoms with Gasteiger partial charge in [0.25, 0.3) is 0 Å². The molecule has 4 aliphatic rings. The second-order valence-corrected chi connectivity index (χ2v) is 8.66. The fourth-order valence-corrected chi connectivity index (χ4v) is 6.04. The molecule has 1 aromatic rings. The molecule has 0 radical (unpaired) electrons. The average molecular weight is 363 g/mol. The Morgan fingerprint density at radius 1 is 0.963 bits per heavy atom. The van der Waals surface area contributed by atoms with Gasteiger partial charge in [-0.05, 0) is 48.1 Å². The third-order valence-electron chi connectivity index (χ3n) is 7.20. The van der Waals surface area contributed by atoms with E-state index in [9.17, 15) is 0 Å². The first-order valence-electron chi connectivity index (χ1n) is 10.3. The maximum Gasteiger partial charge on any atom is 0.107 e. The van der Waals surface area contributed by atoms with Crippen molar-refractivity contribution < 1.29 is 0 Å². The molecule has 0 N–H and O–H groups in total. The summed E-state index contributed by atoms with van der Waals surface area (Å²) < 4.78 is 0. The Morgan fingerprint density at radius 2 is 1.70 bits per heavy atom. The van der Waals surface area contributed by atoms with Crippen molar-refractivity contribution in [2.24, 2.45) is 11.8 Å². The van der Waals surface area contributed by atoms with Crippen LogP contribution in [0.4, 0.5) is 5.69 Å². The van der Waals surface area contributed by atoms with Crippen LogP contribution in [0.3, 0.4) is 0 Å². The molecule has 142 valence electrons. The first-order chi connectivity index (χ1) is 13.0. The van der Waals surface area contributed by atoms with E-state index in [0.29, 0.717) is 11.8 Å². The molecule has 0 amide bonds. The number of allylic oxidation sites excluding steroid dienone is 3. The smallest absolute Gasteiger partial charge is 0.107 e. The minimum Gasteiger partial charge on any atom is -0.361 e. The Balaban J connectivity index is 1.59. The van der Waals surface area contributed by atoms with E-state index in [1.807, 2.05) is 6.20 Å². The molecule has 4 heterocycles. The van der Waals surface area contributed by atoms with Crippen molar-refractivity contribution in [3.05, 3.63) is 58.0 Å². The fourth-order valence-electron chi connectivity index (χ4n) is 6.04. The SMILES string of the molecule is CC1C2=C(C(C)C3=C1Cc1ncccc1N3C)N(C)C1=C(CCCN1C)C2. The van der Waals surface area contributed by atoms with Gasteiger partial charge in [-0.25, -0.2) is 0 Å². The summed E-state index contributed by atoms with van der Waals surface area (Å²) in [6.07, 6.45) is 6.61. The third-order valence-corrected chi connectivity index (χ3v) is 7.20. The summed E-state index contributed by atoms with van der Waals surface area (Å²) in [6.45, 7) is 5.99. The van der Waals surface area contributed by atoms with Crippen LogP contribution in [0.15, 0.2) is 52.3 Å². The number of hydrogen-bond donors (Lipinski definition) is 0. The van der Waals surface area contributed by atoms with Gasteiger partial charge in [-0.2, -0.15) is 0 Å². The lowest BCUT2D eigenvalue weighted by Gasteiger charge is -2.49. The molecule has 0 spiro atoms. The van der Waals surface area contributed by atoms with Gasteiger partial charge in [0.05, 0.1) is 11.4 Å². The Labute approximate surface area is 162 Å². The molecule has 3 aliphatic heterocycles. The van der Waals surface area contributed by atoms with E-state index in [4.69, 9.17) is 4.98 Å². The first kappa shape index (κ1) is 16.9. The van der Waals surface area contributed by atoms with Gasteiger partial charge >= 0.3 is 0 Å². The fraction of sp³-hybridized carbons (Fsp3) is 0.522. The Bertz CT molecular complexity index is 907. The van der Waals surface area contributed by atoms with Crippen molar-refractivity contribution in [2.75, 3.05) is 32.6 Å². The van der Waals surface area contributed by atoms with Crippen LogP contribution < -0.4 is 4.90 Å². The van der Waals surface area contributed by atoms with Crippen LogP contribution >= 0.6 is 0 Å². The van der Waals surface area contributed by atoms with Gasteiger partial charge < -0.3 is 14.7 Å². The van der Waals surface area contributed by atoms with Crippen molar-refractivity contribution in [3.8, 4) is 0 Å². The quantitative estimate of drug-likeness (QED) is 0.692. The van der Waals surface area contributed by atoms with Crippen molar-refractivity contribution >= 4 is 5.69 Å². The average Bonchev–Trinajstić information content (AvgIpc) is 2.66. The molecule has 1 aliphatic carbocycles. The number of anilines is 1. The molecule has 5 rings (SSSR count). The summed E-state index contributed by atoms with van der Waals surface area (Å²) >= 11 is 0. The molecule has 2 unspecified atom stereocenters. The van der Waals surface area contributed by atoms with Crippen LogP contribution in [0.1, 0.15) is 38.8 Å². The van der Waals surface area contributed by atoms with Gasteiger partial charge in [0.2, 0.25) is 0 Å². The molecule has 0 aromatic carbocycles. The third kappa shape index (κ3) is 2.25. The predicted octanol–water partition coefficient (Wildman–Crippen LogP) is 4.14. The minimum atomic E-state index is 0.416. The van der Waals surface area contributed by atoms with Crippen molar-refractivity contribution in [1.29, 1.82) is 0 Å². The molecule has 4 heteroatoms. The number of pyridine rings is 1. The lowest BCUT2D eigenvalue weighted by Crippen LogP contribution is -2.44. The summed E-state index contributed by atoms with van der Waals surface area (Å²) in [7, 11) is 6.77. The molecular weight excluding hydrogens is 332 g/mol. The highest BCUT2D eigenvalue weighted by atomic mass is 15.3. The highest BCUT2D eigenvalue weighted by Crippen LogP contribution is 2.51. The van der Waals surface area contributed by atoms with Crippen LogP contribution in [0.2, 0.25) is 0 Å². The predicted molar refractivity (Wildman–Crippen MR) is 110 cm³/mol. The van der Waals surface area contributed by atoms with Crippen LogP contribution in [0.5, 0.6) is 0 Å². The van der Waals surface area contributed by atoms with Crippen LogP contribution in [-0.4, -0.2) is 42.5 Å². The van der Waals surface area contributed by atoms with Crippen LogP contribution in [0.25, 0.3) is 0 Å². The van der Waals surface area contributed by atoms with E-state index < -0.39 is 0 Å². The molecule has 0 saturated heterocycles. The maximum absolute atomic E-state index is 4.70. The Kier molecular flexibility index (Phi) is 3.68. The lowest BCUT2D eigenvalue weighted by molar-refractivity contribution is 0.247. The molecule has 27 heavy (non-hydrogen) atoms. The normalized spacial score (nSPS) is 27.5. The largest absolute Gasteiger partial charge is 0.361 e. The van der Waals surface area contributed by atoms with Gasteiger partial charge in [0.15, 0.2) is 0 Å². The highest BCUT2D eigenvalue weighted by molar-refractivity contribution is 5.64. The molecule has 1 aromatic heterocycles. The number of aromatic nitrogens is 1. The van der Waals surface area contributed by atoms with Gasteiger partial charge in [0, 0.05) is 63.5 Å². The molecule has 0 saturated carbocycles. The number of fused-ring (bicyclic) bond motifs is 1. The summed E-state index contributed by atoms with van der Waals surface area (Å²) in [5.41, 5.74) is 10.4. The summed E-state index contributed by atoms with van der Waals surface area (Å²) in [5.74, 6) is 2.37. The zero-order chi connectivity index (χ0) is 18.9. The molecule has 0 bridgehead atoms. The summed E-state index contributed by atoms with van der Waals surface area (Å²) in [5, 5.41) is 0. The highest BCUT2D eigenvalue weighted by Gasteiger charge is 2.42. The van der Waals surface area contributed by atoms with Gasteiger partial charge in [-0.15, -0.1) is 0 Å². The van der Waals surface area contributed by atoms with Gasteiger partial charge in [0.1, 0.15) is 5.82 Å². The molecule has 0 fully saturated rings. The number of hydrogen-bond acceptors (Lipinski definition) is 4. The van der Waals surface area contributed by atoms with E-state index >= 15 is 0 Å². The molecule has 4 nitrogen and oxygen atoms in total. The van der Waals surface area contributed by atoms with E-state index in [-0.39, 0.29) is 0 Å². The zero-order valence-electron chi connectivity index (χ0n) is 17.2. The zero-order valence-corrected chi connectivity index (χ0v) is 17.2. The Morgan fingerprint density at radius 3 is 2.52 bits per heavy atom. The van der Waals surface area contributed by atoms with Crippen LogP contribution in [0, 0.1) is 11.8 Å². The van der Waals surface area contributed by atoms with E-state index in [1.54, 1.807) is 16.7 Å². The van der Waals surface area contributed by atoms with E-state index in [1.165, 1.54) is 48.0 Å². The number of rotatable bonds is 0. The standard InChI is InChI=1S/C23H30N4/c1-14-17-12-16-8-7-11-25(3)23(16)27(5)22(17)15(2)21-18(14)13-19-20(26(21)4)9-6-10-24-19/h6,9-10,14-15H,7-8,11-13H2,1-5H3. The first-order valence-corrected chi connectivity index (χ1v) is 10.3. The Hall–Kier alpha value is -2.23. The molecular formula is C23H30N4. The van der Waals surface area contributed by atoms with Crippen molar-refractivity contribution in [1.82, 2.24) is 14.8 Å². The van der Waals surface area contributed by atoms with E-state index in [2.05, 4.69) is 61.8 Å². The van der Waals surface area contributed by atoms with Crippen molar-refractivity contribution in [3.63, 3.8) is 0 Å². The van der Waals surface area contributed by atoms with Crippen molar-refractivity contribution in [2.45, 2.75) is 39.5 Å².